The molecule has 108 valence electrons. The Kier molecular flexibility index (Phi) is 6.25. The molecule has 0 fully saturated rings. The number of nitrogens with one attached hydrogen (secondary N) is 1. The summed E-state index contributed by atoms with van der Waals surface area (Å²) in [6.07, 6.45) is 0.709. The molecule has 0 spiro atoms. The van der Waals surface area contributed by atoms with E-state index in [9.17, 15) is 4.39 Å². The van der Waals surface area contributed by atoms with E-state index in [2.05, 4.69) is 19.2 Å². The minimum absolute atomic E-state index is 0.0773. The topological polar surface area (TPSA) is 41.5 Å². The lowest BCUT2D eigenvalue weighted by Gasteiger charge is -2.26. The van der Waals surface area contributed by atoms with Crippen molar-refractivity contribution in [3.8, 4) is 5.75 Å². The Balaban J connectivity index is 2.78. The molecule has 1 aromatic rings. The first kappa shape index (κ1) is 15.9. The van der Waals surface area contributed by atoms with Gasteiger partial charge in [-0.2, -0.15) is 0 Å². The molecule has 0 aromatic heterocycles. The molecule has 1 rings (SSSR count). The van der Waals surface area contributed by atoms with Crippen LogP contribution in [0.15, 0.2) is 18.2 Å². The zero-order chi connectivity index (χ0) is 14.4. The van der Waals surface area contributed by atoms with Crippen molar-refractivity contribution in [2.45, 2.75) is 39.3 Å². The Morgan fingerprint density at radius 2 is 2.00 bits per heavy atom. The molecular weight excluding hydrogens is 245 g/mol. The SMILES string of the molecule is COc1cc(C(C)NC(CCO)C(C)C)ccc1F. The van der Waals surface area contributed by atoms with Crippen LogP contribution in [0.3, 0.4) is 0 Å². The molecule has 4 heteroatoms. The molecule has 0 heterocycles. The minimum Gasteiger partial charge on any atom is -0.494 e. The maximum absolute atomic E-state index is 13.4. The number of rotatable bonds is 7. The van der Waals surface area contributed by atoms with Crippen molar-refractivity contribution >= 4 is 0 Å². The van der Waals surface area contributed by atoms with Crippen LogP contribution in [0, 0.1) is 11.7 Å². The van der Waals surface area contributed by atoms with Crippen LogP contribution in [-0.4, -0.2) is 24.9 Å². The van der Waals surface area contributed by atoms with Crippen molar-refractivity contribution in [3.63, 3.8) is 0 Å². The lowest BCUT2D eigenvalue weighted by Crippen LogP contribution is -2.36. The van der Waals surface area contributed by atoms with Gasteiger partial charge in [-0.15, -0.1) is 0 Å². The molecule has 0 aliphatic carbocycles. The highest BCUT2D eigenvalue weighted by molar-refractivity contribution is 5.32. The van der Waals surface area contributed by atoms with Gasteiger partial charge in [0, 0.05) is 18.7 Å². The summed E-state index contributed by atoms with van der Waals surface area (Å²) in [7, 11) is 1.46. The van der Waals surface area contributed by atoms with Gasteiger partial charge in [0.2, 0.25) is 0 Å². The summed E-state index contributed by atoms with van der Waals surface area (Å²) in [6.45, 7) is 6.42. The minimum atomic E-state index is -0.353. The van der Waals surface area contributed by atoms with Gasteiger partial charge in [0.25, 0.3) is 0 Å². The Morgan fingerprint density at radius 1 is 1.32 bits per heavy atom. The number of methoxy groups -OCH3 is 1. The second-order valence-corrected chi connectivity index (χ2v) is 5.15. The monoisotopic (exact) mass is 269 g/mol. The first-order valence-corrected chi connectivity index (χ1v) is 6.70. The summed E-state index contributed by atoms with van der Waals surface area (Å²) in [5.41, 5.74) is 0.974. The maximum atomic E-state index is 13.4. The Morgan fingerprint density at radius 3 is 2.53 bits per heavy atom. The van der Waals surface area contributed by atoms with Gasteiger partial charge in [-0.3, -0.25) is 0 Å². The van der Waals surface area contributed by atoms with Crippen molar-refractivity contribution in [1.82, 2.24) is 5.32 Å². The molecule has 0 aliphatic rings. The molecular formula is C15H24FNO2. The summed E-state index contributed by atoms with van der Waals surface area (Å²) in [6, 6.07) is 5.20. The van der Waals surface area contributed by atoms with Crippen LogP contribution < -0.4 is 10.1 Å². The van der Waals surface area contributed by atoms with E-state index in [1.807, 2.05) is 6.92 Å². The van der Waals surface area contributed by atoms with Crippen LogP contribution in [0.2, 0.25) is 0 Å². The van der Waals surface area contributed by atoms with Crippen LogP contribution >= 0.6 is 0 Å². The standard InChI is InChI=1S/C15H24FNO2/c1-10(2)14(7-8-18)17-11(3)12-5-6-13(16)15(9-12)19-4/h5-6,9-11,14,17-18H,7-8H2,1-4H3. The van der Waals surface area contributed by atoms with Gasteiger partial charge < -0.3 is 15.2 Å². The van der Waals surface area contributed by atoms with Gasteiger partial charge in [0.1, 0.15) is 0 Å². The predicted octanol–water partition coefficient (Wildman–Crippen LogP) is 2.89. The highest BCUT2D eigenvalue weighted by Gasteiger charge is 2.17. The lowest BCUT2D eigenvalue weighted by atomic mass is 9.98. The van der Waals surface area contributed by atoms with E-state index in [4.69, 9.17) is 9.84 Å². The van der Waals surface area contributed by atoms with E-state index in [1.54, 1.807) is 12.1 Å². The average Bonchev–Trinajstić information content (AvgIpc) is 2.38. The van der Waals surface area contributed by atoms with Gasteiger partial charge in [-0.1, -0.05) is 19.9 Å². The number of hydrogen-bond acceptors (Lipinski definition) is 3. The van der Waals surface area contributed by atoms with Gasteiger partial charge in [-0.05, 0) is 37.0 Å². The van der Waals surface area contributed by atoms with E-state index >= 15 is 0 Å². The van der Waals surface area contributed by atoms with Crippen LogP contribution in [0.5, 0.6) is 5.75 Å². The van der Waals surface area contributed by atoms with Crippen LogP contribution in [-0.2, 0) is 0 Å². The highest BCUT2D eigenvalue weighted by Crippen LogP contribution is 2.23. The van der Waals surface area contributed by atoms with Gasteiger partial charge >= 0.3 is 0 Å². The molecule has 0 radical (unpaired) electrons. The van der Waals surface area contributed by atoms with Gasteiger partial charge in [0.05, 0.1) is 7.11 Å². The van der Waals surface area contributed by atoms with E-state index in [0.29, 0.717) is 12.3 Å². The van der Waals surface area contributed by atoms with E-state index in [0.717, 1.165) is 5.56 Å². The Hall–Kier alpha value is -1.13. The molecule has 0 aliphatic heterocycles. The van der Waals surface area contributed by atoms with Crippen molar-refractivity contribution in [2.24, 2.45) is 5.92 Å². The predicted molar refractivity (Wildman–Crippen MR) is 74.8 cm³/mol. The van der Waals surface area contributed by atoms with E-state index in [1.165, 1.54) is 13.2 Å². The van der Waals surface area contributed by atoms with Crippen LogP contribution in [0.25, 0.3) is 0 Å². The number of halogens is 1. The Labute approximate surface area is 114 Å². The molecule has 2 atom stereocenters. The molecule has 0 saturated carbocycles. The average molecular weight is 269 g/mol. The van der Waals surface area contributed by atoms with Crippen LogP contribution in [0.1, 0.15) is 38.8 Å². The molecule has 2 unspecified atom stereocenters. The van der Waals surface area contributed by atoms with Crippen LogP contribution in [0.4, 0.5) is 4.39 Å². The normalized spacial score (nSPS) is 14.5. The van der Waals surface area contributed by atoms with Crippen molar-refractivity contribution in [3.05, 3.63) is 29.6 Å². The number of aliphatic hydroxyl groups is 1. The lowest BCUT2D eigenvalue weighted by molar-refractivity contribution is 0.237. The number of benzene rings is 1. The Bertz CT molecular complexity index is 396. The number of aliphatic hydroxyl groups excluding tert-OH is 1. The quantitative estimate of drug-likeness (QED) is 0.799. The second-order valence-electron chi connectivity index (χ2n) is 5.15. The molecule has 0 saturated heterocycles. The number of hydrogen-bond donors (Lipinski definition) is 2. The zero-order valence-electron chi connectivity index (χ0n) is 12.1. The molecule has 19 heavy (non-hydrogen) atoms. The third kappa shape index (κ3) is 4.48. The summed E-state index contributed by atoms with van der Waals surface area (Å²) in [5.74, 6) is 0.334. The van der Waals surface area contributed by atoms with Crippen molar-refractivity contribution in [1.29, 1.82) is 0 Å². The van der Waals surface area contributed by atoms with E-state index in [-0.39, 0.29) is 30.3 Å². The molecule has 2 N–H and O–H groups in total. The smallest absolute Gasteiger partial charge is 0.165 e. The van der Waals surface area contributed by atoms with Crippen molar-refractivity contribution in [2.75, 3.05) is 13.7 Å². The van der Waals surface area contributed by atoms with Gasteiger partial charge in [-0.25, -0.2) is 4.39 Å². The van der Waals surface area contributed by atoms with E-state index < -0.39 is 0 Å². The van der Waals surface area contributed by atoms with Crippen molar-refractivity contribution < 1.29 is 14.2 Å². The highest BCUT2D eigenvalue weighted by atomic mass is 19.1. The third-order valence-corrected chi connectivity index (χ3v) is 3.38. The fourth-order valence-corrected chi connectivity index (χ4v) is 2.11. The summed E-state index contributed by atoms with van der Waals surface area (Å²) in [5, 5.41) is 12.5. The third-order valence-electron chi connectivity index (χ3n) is 3.38. The zero-order valence-corrected chi connectivity index (χ0v) is 12.1. The summed E-state index contributed by atoms with van der Waals surface area (Å²) in [4.78, 5) is 0. The maximum Gasteiger partial charge on any atom is 0.165 e. The largest absolute Gasteiger partial charge is 0.494 e. The fourth-order valence-electron chi connectivity index (χ4n) is 2.11. The molecule has 0 amide bonds. The number of ether oxygens (including phenoxy) is 1. The molecule has 1 aromatic carbocycles. The molecule has 3 nitrogen and oxygen atoms in total. The summed E-state index contributed by atoms with van der Waals surface area (Å²) >= 11 is 0. The first-order chi connectivity index (χ1) is 8.99. The fraction of sp³-hybridized carbons (Fsp3) is 0.600. The first-order valence-electron chi connectivity index (χ1n) is 6.70. The summed E-state index contributed by atoms with van der Waals surface area (Å²) < 4.78 is 18.4. The molecule has 0 bridgehead atoms. The van der Waals surface area contributed by atoms with Gasteiger partial charge in [0.15, 0.2) is 11.6 Å². The second kappa shape index (κ2) is 7.46.